The van der Waals surface area contributed by atoms with Gasteiger partial charge >= 0.3 is 7.60 Å². The summed E-state index contributed by atoms with van der Waals surface area (Å²) in [6, 6.07) is 3.80. The maximum atomic E-state index is 11.9. The second-order valence-electron chi connectivity index (χ2n) is 4.53. The van der Waals surface area contributed by atoms with E-state index in [-0.39, 0.29) is 16.6 Å². The fourth-order valence-corrected chi connectivity index (χ4v) is 2.40. The van der Waals surface area contributed by atoms with Gasteiger partial charge in [0.1, 0.15) is 0 Å². The zero-order valence-corrected chi connectivity index (χ0v) is 13.2. The Hall–Kier alpha value is -1.44. The molecule has 9 heteroatoms. The Balaban J connectivity index is 2.48. The van der Waals surface area contributed by atoms with Crippen LogP contribution in [-0.2, 0) is 14.0 Å². The molecule has 0 radical (unpaired) electrons. The number of methoxy groups -OCH3 is 1. The van der Waals surface area contributed by atoms with Crippen LogP contribution in [0.5, 0.6) is 0 Å². The van der Waals surface area contributed by atoms with Crippen LogP contribution in [0.25, 0.3) is 0 Å². The van der Waals surface area contributed by atoms with Crippen molar-refractivity contribution in [1.29, 1.82) is 0 Å². The number of rotatable bonds is 9. The van der Waals surface area contributed by atoms with Crippen molar-refractivity contribution in [1.82, 2.24) is 5.32 Å². The molecule has 5 N–H and O–H groups in total. The molecule has 1 aromatic carbocycles. The van der Waals surface area contributed by atoms with Gasteiger partial charge in [-0.25, -0.2) is 0 Å². The maximum Gasteiger partial charge on any atom is 0.358 e. The first-order valence-electron chi connectivity index (χ1n) is 6.66. The standard InChI is InChI=1S/C13H21N2O6P/c1-20-6-2-7-21-8-5-15-13(16)10-3-4-11(14)12(9-10)22(17,18)19/h3-4,9H,2,5-8,14H2,1H3,(H,15,16)(H2,17,18,19). The highest BCUT2D eigenvalue weighted by Gasteiger charge is 2.22. The second kappa shape index (κ2) is 8.87. The molecule has 124 valence electrons. The van der Waals surface area contributed by atoms with Crippen molar-refractivity contribution >= 4 is 24.5 Å². The van der Waals surface area contributed by atoms with Gasteiger partial charge < -0.3 is 30.3 Å². The third kappa shape index (κ3) is 6.13. The van der Waals surface area contributed by atoms with Crippen molar-refractivity contribution in [3.05, 3.63) is 23.8 Å². The molecule has 0 aliphatic carbocycles. The fraction of sp³-hybridized carbons (Fsp3) is 0.462. The van der Waals surface area contributed by atoms with E-state index in [0.717, 1.165) is 12.5 Å². The van der Waals surface area contributed by atoms with Gasteiger partial charge in [0.05, 0.1) is 11.9 Å². The molecule has 0 saturated carbocycles. The highest BCUT2D eigenvalue weighted by Crippen LogP contribution is 2.35. The zero-order valence-electron chi connectivity index (χ0n) is 12.3. The van der Waals surface area contributed by atoms with Crippen LogP contribution in [0.15, 0.2) is 18.2 Å². The molecule has 0 aromatic heterocycles. The average Bonchev–Trinajstić information content (AvgIpc) is 2.45. The minimum absolute atomic E-state index is 0.0497. The van der Waals surface area contributed by atoms with Crippen LogP contribution < -0.4 is 16.4 Å². The Morgan fingerprint density at radius 1 is 1.32 bits per heavy atom. The van der Waals surface area contributed by atoms with Crippen LogP contribution in [0.1, 0.15) is 16.8 Å². The third-order valence-electron chi connectivity index (χ3n) is 2.78. The normalized spacial score (nSPS) is 11.4. The van der Waals surface area contributed by atoms with Gasteiger partial charge in [-0.15, -0.1) is 0 Å². The number of anilines is 1. The van der Waals surface area contributed by atoms with Crippen molar-refractivity contribution in [3.63, 3.8) is 0 Å². The summed E-state index contributed by atoms with van der Waals surface area (Å²) in [5.41, 5.74) is 5.58. The van der Waals surface area contributed by atoms with Gasteiger partial charge in [0.15, 0.2) is 0 Å². The van der Waals surface area contributed by atoms with Crippen LogP contribution in [0.3, 0.4) is 0 Å². The van der Waals surface area contributed by atoms with E-state index in [1.165, 1.54) is 12.1 Å². The molecule has 0 spiro atoms. The van der Waals surface area contributed by atoms with Gasteiger partial charge in [-0.05, 0) is 24.6 Å². The Labute approximate surface area is 128 Å². The topological polar surface area (TPSA) is 131 Å². The summed E-state index contributed by atoms with van der Waals surface area (Å²) in [6.07, 6.45) is 0.772. The fourth-order valence-electron chi connectivity index (χ4n) is 1.68. The third-order valence-corrected chi connectivity index (χ3v) is 3.79. The molecule has 0 aliphatic heterocycles. The van der Waals surface area contributed by atoms with E-state index in [9.17, 15) is 9.36 Å². The number of nitrogen functional groups attached to an aromatic ring is 1. The first-order valence-corrected chi connectivity index (χ1v) is 8.28. The van der Waals surface area contributed by atoms with Crippen LogP contribution in [-0.4, -0.2) is 49.2 Å². The Morgan fingerprint density at radius 2 is 2.05 bits per heavy atom. The summed E-state index contributed by atoms with van der Waals surface area (Å²) in [7, 11) is -2.90. The summed E-state index contributed by atoms with van der Waals surface area (Å²) in [5, 5.41) is 2.25. The molecule has 0 bridgehead atoms. The summed E-state index contributed by atoms with van der Waals surface area (Å²) < 4.78 is 21.4. The number of benzene rings is 1. The van der Waals surface area contributed by atoms with E-state index in [4.69, 9.17) is 25.0 Å². The number of ether oxygens (including phenoxy) is 2. The Kier molecular flexibility index (Phi) is 7.50. The molecule has 0 fully saturated rings. The summed E-state index contributed by atoms with van der Waals surface area (Å²) in [6.45, 7) is 1.79. The second-order valence-corrected chi connectivity index (χ2v) is 6.10. The Morgan fingerprint density at radius 3 is 2.68 bits per heavy atom. The number of carbonyl (C=O) groups is 1. The molecule has 22 heavy (non-hydrogen) atoms. The average molecular weight is 332 g/mol. The number of hydrogen-bond donors (Lipinski definition) is 4. The zero-order chi connectivity index (χ0) is 16.6. The number of amides is 1. The minimum atomic E-state index is -4.51. The monoisotopic (exact) mass is 332 g/mol. The molecule has 8 nitrogen and oxygen atoms in total. The van der Waals surface area contributed by atoms with Gasteiger partial charge in [0, 0.05) is 38.1 Å². The lowest BCUT2D eigenvalue weighted by molar-refractivity contribution is 0.0878. The van der Waals surface area contributed by atoms with Crippen molar-refractivity contribution in [2.75, 3.05) is 39.2 Å². The smallest absolute Gasteiger partial charge is 0.358 e. The van der Waals surface area contributed by atoms with E-state index >= 15 is 0 Å². The van der Waals surface area contributed by atoms with Crippen molar-refractivity contribution in [3.8, 4) is 0 Å². The van der Waals surface area contributed by atoms with Crippen molar-refractivity contribution in [2.45, 2.75) is 6.42 Å². The molecular formula is C13H21N2O6P. The highest BCUT2D eigenvalue weighted by atomic mass is 31.2. The molecule has 0 heterocycles. The number of carbonyl (C=O) groups excluding carboxylic acids is 1. The van der Waals surface area contributed by atoms with Gasteiger partial charge in [0.25, 0.3) is 5.91 Å². The quantitative estimate of drug-likeness (QED) is 0.281. The number of hydrogen-bond acceptors (Lipinski definition) is 5. The number of nitrogens with one attached hydrogen (secondary N) is 1. The first-order chi connectivity index (χ1) is 10.4. The molecule has 0 aliphatic rings. The SMILES string of the molecule is COCCCOCCNC(=O)c1ccc(N)c(P(=O)(O)O)c1. The summed E-state index contributed by atoms with van der Waals surface area (Å²) in [4.78, 5) is 30.2. The maximum absolute atomic E-state index is 11.9. The lowest BCUT2D eigenvalue weighted by Gasteiger charge is -2.10. The molecule has 1 aromatic rings. The van der Waals surface area contributed by atoms with E-state index in [2.05, 4.69) is 5.32 Å². The molecule has 0 atom stereocenters. The molecule has 0 unspecified atom stereocenters. The van der Waals surface area contributed by atoms with Crippen LogP contribution in [0, 0.1) is 0 Å². The van der Waals surface area contributed by atoms with Crippen LogP contribution >= 0.6 is 7.60 Å². The van der Waals surface area contributed by atoms with E-state index in [0.29, 0.717) is 26.4 Å². The number of nitrogens with two attached hydrogens (primary N) is 1. The summed E-state index contributed by atoms with van der Waals surface area (Å²) >= 11 is 0. The Bertz CT molecular complexity index is 545. The van der Waals surface area contributed by atoms with Gasteiger partial charge in [-0.2, -0.15) is 0 Å². The van der Waals surface area contributed by atoms with E-state index in [1.807, 2.05) is 0 Å². The van der Waals surface area contributed by atoms with Crippen molar-refractivity contribution < 1.29 is 28.6 Å². The predicted octanol–water partition coefficient (Wildman–Crippen LogP) is -0.145. The lowest BCUT2D eigenvalue weighted by atomic mass is 10.2. The molecule has 1 rings (SSSR count). The molecule has 1 amide bonds. The minimum Gasteiger partial charge on any atom is -0.398 e. The van der Waals surface area contributed by atoms with Gasteiger partial charge in [0.2, 0.25) is 0 Å². The van der Waals surface area contributed by atoms with E-state index in [1.54, 1.807) is 7.11 Å². The van der Waals surface area contributed by atoms with Gasteiger partial charge in [-0.3, -0.25) is 9.36 Å². The summed E-state index contributed by atoms with van der Waals surface area (Å²) in [5.74, 6) is -0.449. The van der Waals surface area contributed by atoms with E-state index < -0.39 is 13.5 Å². The largest absolute Gasteiger partial charge is 0.398 e. The van der Waals surface area contributed by atoms with Crippen LogP contribution in [0.4, 0.5) is 5.69 Å². The lowest BCUT2D eigenvalue weighted by Crippen LogP contribution is -2.28. The first kappa shape index (κ1) is 18.6. The molecule has 0 saturated heterocycles. The molecular weight excluding hydrogens is 311 g/mol. The van der Waals surface area contributed by atoms with Crippen LogP contribution in [0.2, 0.25) is 0 Å². The van der Waals surface area contributed by atoms with Crippen molar-refractivity contribution in [2.24, 2.45) is 0 Å². The van der Waals surface area contributed by atoms with Gasteiger partial charge in [-0.1, -0.05) is 0 Å². The predicted molar refractivity (Wildman–Crippen MR) is 82.2 cm³/mol. The highest BCUT2D eigenvalue weighted by molar-refractivity contribution is 7.60.